The summed E-state index contributed by atoms with van der Waals surface area (Å²) in [6, 6.07) is -0.120. The first-order valence-electron chi connectivity index (χ1n) is 8.66. The van der Waals surface area contributed by atoms with Crippen LogP contribution in [0.25, 0.3) is 0 Å². The van der Waals surface area contributed by atoms with Crippen molar-refractivity contribution in [1.82, 2.24) is 4.90 Å². The minimum absolute atomic E-state index is 0.0581. The van der Waals surface area contributed by atoms with Crippen molar-refractivity contribution >= 4 is 17.8 Å². The number of piperidine rings is 1. The molecule has 4 aliphatic rings. The molecule has 0 aliphatic carbocycles. The van der Waals surface area contributed by atoms with Gasteiger partial charge < -0.3 is 14.4 Å². The first-order valence-corrected chi connectivity index (χ1v) is 8.66. The van der Waals surface area contributed by atoms with E-state index >= 15 is 0 Å². The van der Waals surface area contributed by atoms with Crippen molar-refractivity contribution < 1.29 is 23.9 Å². The van der Waals surface area contributed by atoms with Gasteiger partial charge in [0.15, 0.2) is 0 Å². The zero-order valence-electron chi connectivity index (χ0n) is 13.6. The van der Waals surface area contributed by atoms with Gasteiger partial charge in [0.05, 0.1) is 23.9 Å². The highest BCUT2D eigenvalue weighted by Gasteiger charge is 2.60. The maximum atomic E-state index is 12.6. The summed E-state index contributed by atoms with van der Waals surface area (Å²) >= 11 is 0. The van der Waals surface area contributed by atoms with Gasteiger partial charge in [0.2, 0.25) is 5.91 Å². The monoisotopic (exact) mass is 321 g/mol. The van der Waals surface area contributed by atoms with Crippen LogP contribution in [0.1, 0.15) is 52.4 Å². The highest BCUT2D eigenvalue weighted by molar-refractivity contribution is 5.81. The molecular formula is C17H23NO5. The summed E-state index contributed by atoms with van der Waals surface area (Å²) in [7, 11) is 0. The lowest BCUT2D eigenvalue weighted by atomic mass is 9.80. The van der Waals surface area contributed by atoms with E-state index in [9.17, 15) is 14.4 Å². The number of nitrogens with zero attached hydrogens (tertiary/aromatic N) is 1. The third-order valence-electron chi connectivity index (χ3n) is 6.13. The second-order valence-electron chi connectivity index (χ2n) is 7.66. The molecule has 126 valence electrons. The van der Waals surface area contributed by atoms with Crippen molar-refractivity contribution in [2.45, 2.75) is 76.2 Å². The van der Waals surface area contributed by atoms with Gasteiger partial charge in [0, 0.05) is 12.8 Å². The molecule has 1 spiro atoms. The molecule has 0 unspecified atom stereocenters. The van der Waals surface area contributed by atoms with E-state index in [2.05, 4.69) is 0 Å². The van der Waals surface area contributed by atoms with Crippen LogP contribution in [0.2, 0.25) is 0 Å². The Morgan fingerprint density at radius 3 is 2.48 bits per heavy atom. The van der Waals surface area contributed by atoms with Gasteiger partial charge in [0.1, 0.15) is 11.7 Å². The van der Waals surface area contributed by atoms with Crippen LogP contribution in [0.15, 0.2) is 0 Å². The van der Waals surface area contributed by atoms with Crippen LogP contribution < -0.4 is 0 Å². The lowest BCUT2D eigenvalue weighted by Gasteiger charge is -2.45. The molecule has 23 heavy (non-hydrogen) atoms. The zero-order valence-corrected chi connectivity index (χ0v) is 13.6. The van der Waals surface area contributed by atoms with Gasteiger partial charge >= 0.3 is 11.9 Å². The van der Waals surface area contributed by atoms with Crippen molar-refractivity contribution in [2.24, 2.45) is 11.8 Å². The molecule has 6 heteroatoms. The van der Waals surface area contributed by atoms with E-state index in [0.29, 0.717) is 25.7 Å². The largest absolute Gasteiger partial charge is 0.460 e. The molecule has 6 nitrogen and oxygen atoms in total. The fourth-order valence-corrected chi connectivity index (χ4v) is 4.99. The predicted octanol–water partition coefficient (Wildman–Crippen LogP) is 1.41. The summed E-state index contributed by atoms with van der Waals surface area (Å²) in [6.07, 6.45) is 3.81. The molecule has 0 N–H and O–H groups in total. The number of amides is 1. The Labute approximate surface area is 135 Å². The SMILES string of the molecule is C[C@H]1C[C@@H]([C@@H]2CC[C@@H]3N2C(=O)CC[C@@]32C[C@H](C)C(=O)O2)OC1=O. The van der Waals surface area contributed by atoms with Crippen LogP contribution in [0.5, 0.6) is 0 Å². The summed E-state index contributed by atoms with van der Waals surface area (Å²) < 4.78 is 11.3. The summed E-state index contributed by atoms with van der Waals surface area (Å²) in [6.45, 7) is 3.76. The Balaban J connectivity index is 1.60. The average molecular weight is 321 g/mol. The standard InChI is InChI=1S/C17H23NO5/c1-9-7-12(22-15(9)20)11-3-4-13-17(6-5-14(19)18(11)13)8-10(2)16(21)23-17/h9-13H,3-8H2,1-2H3/t9-,10-,11-,12-,13-,17+/m0/s1. The molecule has 4 rings (SSSR count). The number of ether oxygens (including phenoxy) is 2. The normalized spacial score (nSPS) is 46.3. The van der Waals surface area contributed by atoms with Crippen molar-refractivity contribution in [3.05, 3.63) is 0 Å². The summed E-state index contributed by atoms with van der Waals surface area (Å²) in [5, 5.41) is 0. The van der Waals surface area contributed by atoms with Crippen LogP contribution in [-0.2, 0) is 23.9 Å². The number of carbonyl (C=O) groups is 3. The first-order chi connectivity index (χ1) is 10.9. The number of hydrogen-bond acceptors (Lipinski definition) is 5. The molecule has 4 aliphatic heterocycles. The highest BCUT2D eigenvalue weighted by atomic mass is 16.6. The van der Waals surface area contributed by atoms with E-state index in [1.54, 1.807) is 0 Å². The molecule has 4 saturated heterocycles. The topological polar surface area (TPSA) is 72.9 Å². The molecule has 1 amide bonds. The van der Waals surface area contributed by atoms with Crippen LogP contribution in [0, 0.1) is 11.8 Å². The number of esters is 2. The Hall–Kier alpha value is -1.59. The fourth-order valence-electron chi connectivity index (χ4n) is 4.99. The number of rotatable bonds is 1. The predicted molar refractivity (Wildman–Crippen MR) is 79.2 cm³/mol. The maximum absolute atomic E-state index is 12.6. The van der Waals surface area contributed by atoms with E-state index in [1.807, 2.05) is 18.7 Å². The molecule has 4 heterocycles. The molecule has 0 aromatic heterocycles. The number of carbonyl (C=O) groups excluding carboxylic acids is 3. The first kappa shape index (κ1) is 15.0. The van der Waals surface area contributed by atoms with Gasteiger partial charge in [-0.3, -0.25) is 14.4 Å². The van der Waals surface area contributed by atoms with Crippen LogP contribution in [-0.4, -0.2) is 46.5 Å². The van der Waals surface area contributed by atoms with E-state index in [-0.39, 0.29) is 47.9 Å². The summed E-state index contributed by atoms with van der Waals surface area (Å²) in [4.78, 5) is 38.1. The summed E-state index contributed by atoms with van der Waals surface area (Å²) in [5.74, 6) is -0.415. The number of fused-ring (bicyclic) bond motifs is 2. The van der Waals surface area contributed by atoms with Gasteiger partial charge in [-0.25, -0.2) is 0 Å². The minimum atomic E-state index is -0.520. The Kier molecular flexibility index (Phi) is 3.22. The molecule has 0 aromatic carbocycles. The number of hydrogen-bond donors (Lipinski definition) is 0. The number of cyclic esters (lactones) is 1. The fraction of sp³-hybridized carbons (Fsp3) is 0.824. The van der Waals surface area contributed by atoms with Crippen molar-refractivity contribution in [2.75, 3.05) is 0 Å². The van der Waals surface area contributed by atoms with E-state index in [4.69, 9.17) is 9.47 Å². The quantitative estimate of drug-likeness (QED) is 0.683. The molecule has 0 aromatic rings. The molecule has 0 bridgehead atoms. The third-order valence-corrected chi connectivity index (χ3v) is 6.13. The van der Waals surface area contributed by atoms with E-state index in [0.717, 1.165) is 12.8 Å². The highest BCUT2D eigenvalue weighted by Crippen LogP contribution is 2.49. The lowest BCUT2D eigenvalue weighted by molar-refractivity contribution is -0.170. The Morgan fingerprint density at radius 2 is 1.87 bits per heavy atom. The van der Waals surface area contributed by atoms with Crippen molar-refractivity contribution in [1.29, 1.82) is 0 Å². The second kappa shape index (κ2) is 4.95. The Morgan fingerprint density at radius 1 is 1.09 bits per heavy atom. The van der Waals surface area contributed by atoms with Gasteiger partial charge in [-0.05, 0) is 25.7 Å². The van der Waals surface area contributed by atoms with Gasteiger partial charge in [-0.2, -0.15) is 0 Å². The third kappa shape index (κ3) is 2.10. The smallest absolute Gasteiger partial charge is 0.309 e. The van der Waals surface area contributed by atoms with Crippen LogP contribution in [0.4, 0.5) is 0 Å². The van der Waals surface area contributed by atoms with Gasteiger partial charge in [0.25, 0.3) is 0 Å². The molecule has 0 radical (unpaired) electrons. The second-order valence-corrected chi connectivity index (χ2v) is 7.66. The lowest BCUT2D eigenvalue weighted by Crippen LogP contribution is -2.59. The Bertz CT molecular complexity index is 575. The molecule has 6 atom stereocenters. The summed E-state index contributed by atoms with van der Waals surface area (Å²) in [5.41, 5.74) is -0.520. The van der Waals surface area contributed by atoms with Crippen LogP contribution in [0.3, 0.4) is 0 Å². The van der Waals surface area contributed by atoms with Gasteiger partial charge in [-0.1, -0.05) is 13.8 Å². The van der Waals surface area contributed by atoms with Crippen LogP contribution >= 0.6 is 0 Å². The van der Waals surface area contributed by atoms with E-state index < -0.39 is 5.60 Å². The molecule has 4 fully saturated rings. The molecular weight excluding hydrogens is 298 g/mol. The molecule has 0 saturated carbocycles. The van der Waals surface area contributed by atoms with Crippen molar-refractivity contribution in [3.8, 4) is 0 Å². The average Bonchev–Trinajstić information content (AvgIpc) is 3.15. The zero-order chi connectivity index (χ0) is 16.4. The minimum Gasteiger partial charge on any atom is -0.460 e. The van der Waals surface area contributed by atoms with E-state index in [1.165, 1.54) is 0 Å². The maximum Gasteiger partial charge on any atom is 0.309 e. The van der Waals surface area contributed by atoms with Gasteiger partial charge in [-0.15, -0.1) is 0 Å². The van der Waals surface area contributed by atoms with Crippen molar-refractivity contribution in [3.63, 3.8) is 0 Å².